The van der Waals surface area contributed by atoms with Gasteiger partial charge >= 0.3 is 29.8 Å². The molecule has 0 aromatic heterocycles. The first-order chi connectivity index (χ1) is 22.6. The lowest BCUT2D eigenvalue weighted by atomic mass is 9.98. The van der Waals surface area contributed by atoms with Gasteiger partial charge in [0.1, 0.15) is 23.4 Å². The Bertz CT molecular complexity index is 1610. The van der Waals surface area contributed by atoms with Crippen molar-refractivity contribution >= 4 is 29.8 Å². The van der Waals surface area contributed by atoms with Crippen molar-refractivity contribution in [2.45, 2.75) is 58.0 Å². The van der Waals surface area contributed by atoms with E-state index < -0.39 is 29.8 Å². The van der Waals surface area contributed by atoms with Crippen LogP contribution in [0.4, 0.5) is 0 Å². The van der Waals surface area contributed by atoms with Crippen molar-refractivity contribution in [3.05, 3.63) is 103 Å². The lowest BCUT2D eigenvalue weighted by Crippen LogP contribution is -2.22. The third-order valence-corrected chi connectivity index (χ3v) is 7.21. The zero-order chi connectivity index (χ0) is 33.8. The van der Waals surface area contributed by atoms with Crippen molar-refractivity contribution in [2.24, 2.45) is 0 Å². The zero-order valence-electron chi connectivity index (χ0n) is 26.2. The van der Waals surface area contributed by atoms with Crippen LogP contribution in [0, 0.1) is 0 Å². The van der Waals surface area contributed by atoms with Gasteiger partial charge in [0.05, 0.1) is 25.0 Å². The second kappa shape index (κ2) is 16.7. The standard InChI is InChI=1S/C37H36O10/c1-4-43-33(38)22-24(2)35(40)46-31-18-20-32(21-19-31)47-37(42)28-12-10-26(11-13-28)27-14-16-30(17-15-27)45-36(41)25(3)23-34(39)44-29-8-6-5-7-9-29/h10-21,29H,2-9,22-23H2,1H3. The van der Waals surface area contributed by atoms with Crippen molar-refractivity contribution in [3.8, 4) is 28.4 Å². The molecule has 244 valence electrons. The van der Waals surface area contributed by atoms with Crippen LogP contribution in [-0.2, 0) is 28.7 Å². The van der Waals surface area contributed by atoms with E-state index in [0.29, 0.717) is 11.3 Å². The fraction of sp³-hybridized carbons (Fsp3) is 0.270. The highest BCUT2D eigenvalue weighted by Crippen LogP contribution is 2.25. The van der Waals surface area contributed by atoms with Crippen molar-refractivity contribution in [2.75, 3.05) is 6.61 Å². The average Bonchev–Trinajstić information content (AvgIpc) is 3.06. The summed E-state index contributed by atoms with van der Waals surface area (Å²) in [7, 11) is 0. The highest BCUT2D eigenvalue weighted by atomic mass is 16.6. The largest absolute Gasteiger partial charge is 0.466 e. The SMILES string of the molecule is C=C(CC(=O)OCC)C(=O)Oc1ccc(OC(=O)c2ccc(-c3ccc(OC(=O)C(=C)CC(=O)OC4CCCCC4)cc3)cc2)cc1. The molecule has 4 rings (SSSR count). The van der Waals surface area contributed by atoms with Gasteiger partial charge in [-0.1, -0.05) is 43.8 Å². The third kappa shape index (κ3) is 10.5. The first-order valence-corrected chi connectivity index (χ1v) is 15.3. The molecule has 0 unspecified atom stereocenters. The van der Waals surface area contributed by atoms with Crippen molar-refractivity contribution in [3.63, 3.8) is 0 Å². The van der Waals surface area contributed by atoms with E-state index in [1.165, 1.54) is 24.3 Å². The molecule has 1 aliphatic rings. The third-order valence-electron chi connectivity index (χ3n) is 7.21. The smallest absolute Gasteiger partial charge is 0.343 e. The summed E-state index contributed by atoms with van der Waals surface area (Å²) in [6, 6.07) is 19.3. The fourth-order valence-electron chi connectivity index (χ4n) is 4.73. The average molecular weight is 641 g/mol. The Morgan fingerprint density at radius 3 is 1.57 bits per heavy atom. The zero-order valence-corrected chi connectivity index (χ0v) is 26.2. The first kappa shape index (κ1) is 34.4. The Balaban J connectivity index is 1.24. The molecule has 3 aromatic rings. The van der Waals surface area contributed by atoms with Gasteiger partial charge in [0.15, 0.2) is 0 Å². The summed E-state index contributed by atoms with van der Waals surface area (Å²) in [6.45, 7) is 9.09. The maximum atomic E-state index is 12.7. The van der Waals surface area contributed by atoms with Crippen LogP contribution in [-0.4, -0.2) is 42.6 Å². The van der Waals surface area contributed by atoms with Gasteiger partial charge in [0.2, 0.25) is 0 Å². The van der Waals surface area contributed by atoms with Crippen LogP contribution in [0.15, 0.2) is 97.1 Å². The van der Waals surface area contributed by atoms with Crippen LogP contribution in [0.25, 0.3) is 11.1 Å². The molecule has 3 aromatic carbocycles. The van der Waals surface area contributed by atoms with Gasteiger partial charge in [0.25, 0.3) is 0 Å². The van der Waals surface area contributed by atoms with E-state index in [-0.39, 0.29) is 48.2 Å². The maximum absolute atomic E-state index is 12.7. The summed E-state index contributed by atoms with van der Waals surface area (Å²) in [5.74, 6) is -2.40. The number of carbonyl (C=O) groups excluding carboxylic acids is 5. The number of esters is 5. The summed E-state index contributed by atoms with van der Waals surface area (Å²) in [5, 5.41) is 0. The van der Waals surface area contributed by atoms with Gasteiger partial charge in [-0.2, -0.15) is 0 Å². The molecule has 1 saturated carbocycles. The lowest BCUT2D eigenvalue weighted by Gasteiger charge is -2.21. The molecule has 0 heterocycles. The highest BCUT2D eigenvalue weighted by molar-refractivity contribution is 5.95. The fourth-order valence-corrected chi connectivity index (χ4v) is 4.73. The minimum atomic E-state index is -0.770. The molecule has 1 fully saturated rings. The van der Waals surface area contributed by atoms with Crippen LogP contribution in [0.2, 0.25) is 0 Å². The van der Waals surface area contributed by atoms with E-state index in [1.54, 1.807) is 55.5 Å². The molecule has 0 N–H and O–H groups in total. The Kier molecular flexibility index (Phi) is 12.2. The molecule has 0 bridgehead atoms. The highest BCUT2D eigenvalue weighted by Gasteiger charge is 2.21. The number of benzene rings is 3. The number of hydrogen-bond acceptors (Lipinski definition) is 10. The second-order valence-corrected chi connectivity index (χ2v) is 10.9. The lowest BCUT2D eigenvalue weighted by molar-refractivity contribution is -0.150. The Morgan fingerprint density at radius 1 is 0.617 bits per heavy atom. The van der Waals surface area contributed by atoms with Gasteiger partial charge in [-0.25, -0.2) is 14.4 Å². The van der Waals surface area contributed by atoms with Gasteiger partial charge in [-0.3, -0.25) is 9.59 Å². The molecule has 0 radical (unpaired) electrons. The monoisotopic (exact) mass is 640 g/mol. The number of carbonyl (C=O) groups is 5. The molecule has 47 heavy (non-hydrogen) atoms. The van der Waals surface area contributed by atoms with E-state index in [2.05, 4.69) is 13.2 Å². The number of hydrogen-bond donors (Lipinski definition) is 0. The first-order valence-electron chi connectivity index (χ1n) is 15.3. The van der Waals surface area contributed by atoms with Crippen LogP contribution >= 0.6 is 0 Å². The molecule has 1 aliphatic carbocycles. The van der Waals surface area contributed by atoms with Crippen molar-refractivity contribution in [1.82, 2.24) is 0 Å². The molecule has 10 nitrogen and oxygen atoms in total. The van der Waals surface area contributed by atoms with Gasteiger partial charge < -0.3 is 23.7 Å². The summed E-state index contributed by atoms with van der Waals surface area (Å²) in [4.78, 5) is 61.0. The van der Waals surface area contributed by atoms with Crippen LogP contribution in [0.5, 0.6) is 17.2 Å². The molecule has 10 heteroatoms. The van der Waals surface area contributed by atoms with E-state index in [0.717, 1.165) is 43.2 Å². The molecule has 0 saturated heterocycles. The van der Waals surface area contributed by atoms with E-state index in [4.69, 9.17) is 23.7 Å². The van der Waals surface area contributed by atoms with Crippen LogP contribution in [0.3, 0.4) is 0 Å². The van der Waals surface area contributed by atoms with Gasteiger partial charge in [0, 0.05) is 11.1 Å². The van der Waals surface area contributed by atoms with E-state index >= 15 is 0 Å². The minimum Gasteiger partial charge on any atom is -0.466 e. The molecule has 0 amide bonds. The predicted octanol–water partition coefficient (Wildman–Crippen LogP) is 6.72. The Hall–Kier alpha value is -5.51. The molecular formula is C37H36O10. The van der Waals surface area contributed by atoms with Crippen molar-refractivity contribution < 1.29 is 47.7 Å². The number of rotatable bonds is 13. The van der Waals surface area contributed by atoms with Gasteiger partial charge in [-0.15, -0.1) is 0 Å². The predicted molar refractivity (Wildman–Crippen MR) is 172 cm³/mol. The molecule has 0 atom stereocenters. The Labute approximate surface area is 272 Å². The van der Waals surface area contributed by atoms with Crippen molar-refractivity contribution in [1.29, 1.82) is 0 Å². The maximum Gasteiger partial charge on any atom is 0.343 e. The summed E-state index contributed by atoms with van der Waals surface area (Å²) < 4.78 is 26.2. The van der Waals surface area contributed by atoms with E-state index in [9.17, 15) is 24.0 Å². The van der Waals surface area contributed by atoms with Crippen LogP contribution in [0.1, 0.15) is 62.2 Å². The molecular weight excluding hydrogens is 604 g/mol. The summed E-state index contributed by atoms with van der Waals surface area (Å²) in [5.41, 5.74) is 1.91. The summed E-state index contributed by atoms with van der Waals surface area (Å²) >= 11 is 0. The number of ether oxygens (including phenoxy) is 5. The topological polar surface area (TPSA) is 132 Å². The molecule has 0 spiro atoms. The normalized spacial score (nSPS) is 12.7. The molecule has 0 aliphatic heterocycles. The van der Waals surface area contributed by atoms with E-state index in [1.807, 2.05) is 0 Å². The van der Waals surface area contributed by atoms with Crippen LogP contribution < -0.4 is 14.2 Å². The summed E-state index contributed by atoms with van der Waals surface area (Å²) in [6.07, 6.45) is 4.31. The second-order valence-electron chi connectivity index (χ2n) is 10.9. The minimum absolute atomic E-state index is 0.0193. The quantitative estimate of drug-likeness (QED) is 0.113. The van der Waals surface area contributed by atoms with Gasteiger partial charge in [-0.05, 0) is 92.3 Å². The Morgan fingerprint density at radius 2 is 1.06 bits per heavy atom.